The van der Waals surface area contributed by atoms with Crippen LogP contribution in [0.25, 0.3) is 0 Å². The maximum absolute atomic E-state index is 13.3. The van der Waals surface area contributed by atoms with E-state index >= 15 is 0 Å². The third-order valence-electron chi connectivity index (χ3n) is 4.04. The molecule has 0 aliphatic carbocycles. The van der Waals surface area contributed by atoms with Gasteiger partial charge in [-0.15, -0.1) is 0 Å². The Morgan fingerprint density at radius 3 is 2.19 bits per heavy atom. The topological polar surface area (TPSA) is 58.2 Å². The van der Waals surface area contributed by atoms with Crippen molar-refractivity contribution < 1.29 is 14.0 Å². The smallest absolute Gasteiger partial charge is 0.251 e. The second-order valence-electron chi connectivity index (χ2n) is 6.07. The Balaban J connectivity index is 1.74. The largest absolute Gasteiger partial charge is 0.345 e. The number of hydrogen-bond acceptors (Lipinski definition) is 2. The second-order valence-corrected chi connectivity index (χ2v) is 6.07. The SMILES string of the molecule is O=C(C[C@H](NC(=O)c1ccccc1)c1ccccc1)Nc1cccc(F)c1. The molecule has 0 radical (unpaired) electrons. The van der Waals surface area contributed by atoms with E-state index in [1.165, 1.54) is 18.2 Å². The van der Waals surface area contributed by atoms with Crippen molar-refractivity contribution in [2.75, 3.05) is 5.32 Å². The minimum atomic E-state index is -0.507. The standard InChI is InChI=1S/C22H19FN2O2/c23-18-12-7-13-19(14-18)24-21(26)15-20(16-8-3-1-4-9-16)25-22(27)17-10-5-2-6-11-17/h1-14,20H,15H2,(H,24,26)(H,25,27)/t20-/m0/s1. The van der Waals surface area contributed by atoms with Crippen molar-refractivity contribution in [3.8, 4) is 0 Å². The van der Waals surface area contributed by atoms with Gasteiger partial charge in [-0.1, -0.05) is 54.6 Å². The average Bonchev–Trinajstić information content (AvgIpc) is 2.69. The number of carbonyl (C=O) groups is 2. The van der Waals surface area contributed by atoms with Gasteiger partial charge >= 0.3 is 0 Å². The summed E-state index contributed by atoms with van der Waals surface area (Å²) in [6, 6.07) is 23.3. The normalized spacial score (nSPS) is 11.4. The van der Waals surface area contributed by atoms with Crippen molar-refractivity contribution >= 4 is 17.5 Å². The van der Waals surface area contributed by atoms with Gasteiger partial charge in [0.25, 0.3) is 5.91 Å². The number of carbonyl (C=O) groups excluding carboxylic acids is 2. The van der Waals surface area contributed by atoms with Gasteiger partial charge in [-0.05, 0) is 35.9 Å². The molecule has 2 N–H and O–H groups in total. The van der Waals surface area contributed by atoms with Crippen LogP contribution in [0.15, 0.2) is 84.9 Å². The van der Waals surface area contributed by atoms with Crippen LogP contribution < -0.4 is 10.6 Å². The van der Waals surface area contributed by atoms with Gasteiger partial charge in [0.15, 0.2) is 0 Å². The van der Waals surface area contributed by atoms with Gasteiger partial charge in [0.1, 0.15) is 5.82 Å². The lowest BCUT2D eigenvalue weighted by molar-refractivity contribution is -0.116. The summed E-state index contributed by atoms with van der Waals surface area (Å²) in [5.41, 5.74) is 1.71. The number of rotatable bonds is 6. The van der Waals surface area contributed by atoms with Crippen molar-refractivity contribution in [3.63, 3.8) is 0 Å². The van der Waals surface area contributed by atoms with Gasteiger partial charge in [0, 0.05) is 11.3 Å². The highest BCUT2D eigenvalue weighted by Gasteiger charge is 2.19. The maximum Gasteiger partial charge on any atom is 0.251 e. The summed E-state index contributed by atoms with van der Waals surface area (Å²) < 4.78 is 13.3. The molecular formula is C22H19FN2O2. The zero-order valence-electron chi connectivity index (χ0n) is 14.6. The summed E-state index contributed by atoms with van der Waals surface area (Å²) in [5, 5.41) is 5.57. The molecular weight excluding hydrogens is 343 g/mol. The van der Waals surface area contributed by atoms with E-state index in [9.17, 15) is 14.0 Å². The molecule has 0 aliphatic heterocycles. The lowest BCUT2D eigenvalue weighted by atomic mass is 10.0. The molecule has 0 aromatic heterocycles. The molecule has 0 aliphatic rings. The molecule has 0 unspecified atom stereocenters. The Bertz CT molecular complexity index is 914. The molecule has 2 amide bonds. The van der Waals surface area contributed by atoms with E-state index in [0.717, 1.165) is 5.56 Å². The molecule has 3 aromatic rings. The van der Waals surface area contributed by atoms with Crippen molar-refractivity contribution in [1.29, 1.82) is 0 Å². The molecule has 0 spiro atoms. The van der Waals surface area contributed by atoms with Crippen LogP contribution in [0.3, 0.4) is 0 Å². The number of hydrogen-bond donors (Lipinski definition) is 2. The fourth-order valence-corrected chi connectivity index (χ4v) is 2.73. The molecule has 0 saturated heterocycles. The minimum Gasteiger partial charge on any atom is -0.345 e. The van der Waals surface area contributed by atoms with E-state index in [4.69, 9.17) is 0 Å². The van der Waals surface area contributed by atoms with Crippen LogP contribution in [0, 0.1) is 5.82 Å². The van der Waals surface area contributed by atoms with Crippen LogP contribution in [0.5, 0.6) is 0 Å². The van der Waals surface area contributed by atoms with Gasteiger partial charge in [0.2, 0.25) is 5.91 Å². The highest BCUT2D eigenvalue weighted by molar-refractivity contribution is 5.95. The molecule has 4 nitrogen and oxygen atoms in total. The molecule has 3 aromatic carbocycles. The Morgan fingerprint density at radius 1 is 0.852 bits per heavy atom. The molecule has 5 heteroatoms. The van der Waals surface area contributed by atoms with Crippen LogP contribution in [0.2, 0.25) is 0 Å². The predicted octanol–water partition coefficient (Wildman–Crippen LogP) is 4.33. The van der Waals surface area contributed by atoms with Crippen molar-refractivity contribution in [3.05, 3.63) is 102 Å². The Morgan fingerprint density at radius 2 is 1.52 bits per heavy atom. The minimum absolute atomic E-state index is 0.0269. The molecule has 136 valence electrons. The number of anilines is 1. The van der Waals surface area contributed by atoms with Gasteiger partial charge in [-0.25, -0.2) is 4.39 Å². The van der Waals surface area contributed by atoms with Crippen LogP contribution in [0.4, 0.5) is 10.1 Å². The molecule has 0 heterocycles. The highest BCUT2D eigenvalue weighted by Crippen LogP contribution is 2.19. The number of halogens is 1. The first-order valence-electron chi connectivity index (χ1n) is 8.58. The van der Waals surface area contributed by atoms with E-state index in [1.54, 1.807) is 30.3 Å². The van der Waals surface area contributed by atoms with E-state index in [1.807, 2.05) is 36.4 Å². The summed E-state index contributed by atoms with van der Waals surface area (Å²) in [4.78, 5) is 25.0. The van der Waals surface area contributed by atoms with Gasteiger partial charge in [-0.2, -0.15) is 0 Å². The van der Waals surface area contributed by atoms with Crippen LogP contribution in [-0.4, -0.2) is 11.8 Å². The molecule has 0 saturated carbocycles. The van der Waals surface area contributed by atoms with Crippen LogP contribution in [0.1, 0.15) is 28.4 Å². The zero-order chi connectivity index (χ0) is 19.1. The monoisotopic (exact) mass is 362 g/mol. The third kappa shape index (κ3) is 5.25. The van der Waals surface area contributed by atoms with Gasteiger partial charge < -0.3 is 10.6 Å². The number of benzene rings is 3. The first-order valence-corrected chi connectivity index (χ1v) is 8.58. The number of amides is 2. The first kappa shape index (κ1) is 18.3. The summed E-state index contributed by atoms with van der Waals surface area (Å²) in [7, 11) is 0. The Labute approximate surface area is 157 Å². The average molecular weight is 362 g/mol. The number of nitrogens with one attached hydrogen (secondary N) is 2. The first-order chi connectivity index (χ1) is 13.1. The molecule has 0 fully saturated rings. The lowest BCUT2D eigenvalue weighted by Crippen LogP contribution is -2.31. The van der Waals surface area contributed by atoms with E-state index < -0.39 is 11.9 Å². The van der Waals surface area contributed by atoms with E-state index in [0.29, 0.717) is 11.3 Å². The molecule has 0 bridgehead atoms. The van der Waals surface area contributed by atoms with Crippen molar-refractivity contribution in [2.45, 2.75) is 12.5 Å². The van der Waals surface area contributed by atoms with Crippen molar-refractivity contribution in [2.24, 2.45) is 0 Å². The van der Waals surface area contributed by atoms with E-state index in [-0.39, 0.29) is 18.2 Å². The molecule has 27 heavy (non-hydrogen) atoms. The highest BCUT2D eigenvalue weighted by atomic mass is 19.1. The summed E-state index contributed by atoms with van der Waals surface area (Å²) >= 11 is 0. The van der Waals surface area contributed by atoms with Crippen LogP contribution >= 0.6 is 0 Å². The summed E-state index contributed by atoms with van der Waals surface area (Å²) in [6.07, 6.45) is 0.0269. The second kappa shape index (κ2) is 8.76. The molecule has 3 rings (SSSR count). The van der Waals surface area contributed by atoms with Crippen LogP contribution in [-0.2, 0) is 4.79 Å². The lowest BCUT2D eigenvalue weighted by Gasteiger charge is -2.19. The predicted molar refractivity (Wildman–Crippen MR) is 103 cm³/mol. The zero-order valence-corrected chi connectivity index (χ0v) is 14.6. The third-order valence-corrected chi connectivity index (χ3v) is 4.04. The van der Waals surface area contributed by atoms with Crippen molar-refractivity contribution in [1.82, 2.24) is 5.32 Å². The summed E-state index contributed by atoms with van der Waals surface area (Å²) in [6.45, 7) is 0. The van der Waals surface area contributed by atoms with E-state index in [2.05, 4.69) is 10.6 Å². The molecule has 1 atom stereocenters. The maximum atomic E-state index is 13.3. The van der Waals surface area contributed by atoms with Gasteiger partial charge in [-0.3, -0.25) is 9.59 Å². The fourth-order valence-electron chi connectivity index (χ4n) is 2.73. The summed E-state index contributed by atoms with van der Waals surface area (Å²) in [5.74, 6) is -1.00. The quantitative estimate of drug-likeness (QED) is 0.686. The Kier molecular flexibility index (Phi) is 5.94. The fraction of sp³-hybridized carbons (Fsp3) is 0.0909. The Hall–Kier alpha value is -3.47. The van der Waals surface area contributed by atoms with Gasteiger partial charge in [0.05, 0.1) is 12.5 Å².